The molecule has 1 heterocycles. The molecule has 0 amide bonds. The number of carboxylic acid groups (broad SMARTS) is 1. The van der Waals surface area contributed by atoms with Crippen LogP contribution in [0.3, 0.4) is 0 Å². The Bertz CT molecular complexity index is 534. The van der Waals surface area contributed by atoms with Crippen molar-refractivity contribution in [1.29, 1.82) is 0 Å². The SMILES string of the molecule is COC(=O)c1cncc(NC2CCCC2(C)C(=O)O)n1. The van der Waals surface area contributed by atoms with Crippen molar-refractivity contribution in [1.82, 2.24) is 9.97 Å². The fraction of sp³-hybridized carbons (Fsp3) is 0.538. The molecule has 1 aromatic rings. The summed E-state index contributed by atoms with van der Waals surface area (Å²) in [6.07, 6.45) is 4.97. The number of methoxy groups -OCH3 is 1. The molecule has 2 atom stereocenters. The zero-order chi connectivity index (χ0) is 14.8. The van der Waals surface area contributed by atoms with Gasteiger partial charge in [0.1, 0.15) is 5.82 Å². The Hall–Kier alpha value is -2.18. The van der Waals surface area contributed by atoms with E-state index in [1.54, 1.807) is 6.92 Å². The molecule has 2 unspecified atom stereocenters. The first-order valence-electron chi connectivity index (χ1n) is 6.37. The number of aliphatic carboxylic acids is 1. The van der Waals surface area contributed by atoms with Gasteiger partial charge in [0.15, 0.2) is 5.69 Å². The van der Waals surface area contributed by atoms with Crippen LogP contribution in [0.4, 0.5) is 5.82 Å². The van der Waals surface area contributed by atoms with Crippen molar-refractivity contribution in [3.05, 3.63) is 18.1 Å². The molecule has 0 spiro atoms. The highest BCUT2D eigenvalue weighted by molar-refractivity contribution is 5.87. The molecule has 0 aliphatic heterocycles. The first-order valence-corrected chi connectivity index (χ1v) is 6.37. The summed E-state index contributed by atoms with van der Waals surface area (Å²) in [5.74, 6) is -1.02. The van der Waals surface area contributed by atoms with Crippen LogP contribution in [0.5, 0.6) is 0 Å². The van der Waals surface area contributed by atoms with Crippen LogP contribution in [0.15, 0.2) is 12.4 Å². The zero-order valence-electron chi connectivity index (χ0n) is 11.4. The van der Waals surface area contributed by atoms with Gasteiger partial charge in [-0.3, -0.25) is 9.78 Å². The van der Waals surface area contributed by atoms with Gasteiger partial charge < -0.3 is 15.2 Å². The lowest BCUT2D eigenvalue weighted by molar-refractivity contribution is -0.147. The van der Waals surface area contributed by atoms with Crippen LogP contribution in [0.2, 0.25) is 0 Å². The summed E-state index contributed by atoms with van der Waals surface area (Å²) in [4.78, 5) is 30.8. The van der Waals surface area contributed by atoms with Gasteiger partial charge in [0.05, 0.1) is 24.9 Å². The van der Waals surface area contributed by atoms with Crippen LogP contribution in [0, 0.1) is 5.41 Å². The number of esters is 1. The Labute approximate surface area is 116 Å². The average molecular weight is 279 g/mol. The van der Waals surface area contributed by atoms with Gasteiger partial charge in [-0.05, 0) is 19.8 Å². The van der Waals surface area contributed by atoms with E-state index in [1.807, 2.05) is 0 Å². The molecule has 108 valence electrons. The Morgan fingerprint density at radius 1 is 1.50 bits per heavy atom. The summed E-state index contributed by atoms with van der Waals surface area (Å²) in [7, 11) is 1.27. The molecule has 1 aliphatic carbocycles. The monoisotopic (exact) mass is 279 g/mol. The minimum Gasteiger partial charge on any atom is -0.481 e. The number of nitrogens with zero attached hydrogens (tertiary/aromatic N) is 2. The molecule has 0 bridgehead atoms. The second-order valence-corrected chi connectivity index (χ2v) is 5.09. The maximum Gasteiger partial charge on any atom is 0.358 e. The molecule has 1 saturated carbocycles. The van der Waals surface area contributed by atoms with Gasteiger partial charge in [-0.25, -0.2) is 9.78 Å². The lowest BCUT2D eigenvalue weighted by Crippen LogP contribution is -2.40. The van der Waals surface area contributed by atoms with E-state index in [2.05, 4.69) is 20.0 Å². The second-order valence-electron chi connectivity index (χ2n) is 5.09. The standard InChI is InChI=1S/C13H17N3O4/c1-13(12(18)19)5-3-4-9(13)16-10-7-14-6-8(15-10)11(17)20-2/h6-7,9H,3-5H2,1-2H3,(H,15,16)(H,18,19). The number of aromatic nitrogens is 2. The average Bonchev–Trinajstić information content (AvgIpc) is 2.81. The van der Waals surface area contributed by atoms with E-state index in [0.29, 0.717) is 12.2 Å². The zero-order valence-corrected chi connectivity index (χ0v) is 11.4. The van der Waals surface area contributed by atoms with E-state index in [9.17, 15) is 14.7 Å². The summed E-state index contributed by atoms with van der Waals surface area (Å²) in [6.45, 7) is 1.72. The topological polar surface area (TPSA) is 101 Å². The maximum absolute atomic E-state index is 11.4. The Kier molecular flexibility index (Phi) is 3.87. The van der Waals surface area contributed by atoms with Gasteiger partial charge in [-0.1, -0.05) is 6.42 Å². The molecule has 20 heavy (non-hydrogen) atoms. The van der Waals surface area contributed by atoms with Crippen molar-refractivity contribution in [2.75, 3.05) is 12.4 Å². The quantitative estimate of drug-likeness (QED) is 0.801. The van der Waals surface area contributed by atoms with Gasteiger partial charge in [0, 0.05) is 6.04 Å². The minimum atomic E-state index is -0.830. The highest BCUT2D eigenvalue weighted by atomic mass is 16.5. The molecule has 1 fully saturated rings. The largest absolute Gasteiger partial charge is 0.481 e. The predicted molar refractivity (Wildman–Crippen MR) is 70.4 cm³/mol. The molecular formula is C13H17N3O4. The van der Waals surface area contributed by atoms with Crippen LogP contribution in [0.1, 0.15) is 36.7 Å². The molecule has 0 saturated heterocycles. The van der Waals surface area contributed by atoms with Crippen LogP contribution < -0.4 is 5.32 Å². The number of anilines is 1. The minimum absolute atomic E-state index is 0.0903. The number of carboxylic acids is 1. The van der Waals surface area contributed by atoms with Crippen molar-refractivity contribution >= 4 is 17.8 Å². The van der Waals surface area contributed by atoms with Crippen LogP contribution >= 0.6 is 0 Å². The van der Waals surface area contributed by atoms with E-state index in [0.717, 1.165) is 12.8 Å². The predicted octanol–water partition coefficient (Wildman–Crippen LogP) is 1.32. The molecule has 0 radical (unpaired) electrons. The molecular weight excluding hydrogens is 262 g/mol. The lowest BCUT2D eigenvalue weighted by atomic mass is 9.85. The van der Waals surface area contributed by atoms with Crippen LogP contribution in [0.25, 0.3) is 0 Å². The maximum atomic E-state index is 11.4. The van der Waals surface area contributed by atoms with Crippen LogP contribution in [-0.2, 0) is 9.53 Å². The van der Waals surface area contributed by atoms with Crippen molar-refractivity contribution < 1.29 is 19.4 Å². The van der Waals surface area contributed by atoms with E-state index < -0.39 is 17.4 Å². The lowest BCUT2D eigenvalue weighted by Gasteiger charge is -2.28. The molecule has 0 aromatic carbocycles. The number of hydrogen-bond acceptors (Lipinski definition) is 6. The van der Waals surface area contributed by atoms with E-state index in [1.165, 1.54) is 19.5 Å². The van der Waals surface area contributed by atoms with E-state index in [-0.39, 0.29) is 11.7 Å². The highest BCUT2D eigenvalue weighted by Crippen LogP contribution is 2.39. The van der Waals surface area contributed by atoms with E-state index >= 15 is 0 Å². The fourth-order valence-electron chi connectivity index (χ4n) is 2.47. The van der Waals surface area contributed by atoms with Gasteiger partial charge in [0.2, 0.25) is 0 Å². The summed E-state index contributed by atoms with van der Waals surface area (Å²) in [5, 5.41) is 12.4. The Morgan fingerprint density at radius 2 is 2.25 bits per heavy atom. The van der Waals surface area contributed by atoms with Gasteiger partial charge in [0.25, 0.3) is 0 Å². The normalized spacial score (nSPS) is 25.2. The Morgan fingerprint density at radius 3 is 2.90 bits per heavy atom. The number of nitrogens with one attached hydrogen (secondary N) is 1. The van der Waals surface area contributed by atoms with Gasteiger partial charge in [-0.2, -0.15) is 0 Å². The number of hydrogen-bond donors (Lipinski definition) is 2. The van der Waals surface area contributed by atoms with Crippen molar-refractivity contribution in [3.63, 3.8) is 0 Å². The Balaban J connectivity index is 2.18. The summed E-state index contributed by atoms with van der Waals surface area (Å²) in [5.41, 5.74) is -0.740. The highest BCUT2D eigenvalue weighted by Gasteiger charge is 2.45. The van der Waals surface area contributed by atoms with Crippen molar-refractivity contribution in [2.24, 2.45) is 5.41 Å². The van der Waals surface area contributed by atoms with E-state index in [4.69, 9.17) is 0 Å². The molecule has 2 rings (SSSR count). The summed E-state index contributed by atoms with van der Waals surface area (Å²) < 4.78 is 4.58. The van der Waals surface area contributed by atoms with Gasteiger partial charge >= 0.3 is 11.9 Å². The molecule has 1 aliphatic rings. The molecule has 7 heteroatoms. The summed E-state index contributed by atoms with van der Waals surface area (Å²) in [6, 6.07) is -0.234. The first kappa shape index (κ1) is 14.2. The number of carbonyl (C=O) groups excluding carboxylic acids is 1. The molecule has 7 nitrogen and oxygen atoms in total. The smallest absolute Gasteiger partial charge is 0.358 e. The summed E-state index contributed by atoms with van der Waals surface area (Å²) >= 11 is 0. The third-order valence-electron chi connectivity index (χ3n) is 3.80. The number of ether oxygens (including phenoxy) is 1. The van der Waals surface area contributed by atoms with Gasteiger partial charge in [-0.15, -0.1) is 0 Å². The number of rotatable bonds is 4. The third kappa shape index (κ3) is 2.56. The first-order chi connectivity index (χ1) is 9.47. The second kappa shape index (κ2) is 5.44. The molecule has 2 N–H and O–H groups in total. The van der Waals surface area contributed by atoms with Crippen LogP contribution in [-0.4, -0.2) is 40.2 Å². The van der Waals surface area contributed by atoms with Crippen molar-refractivity contribution in [3.8, 4) is 0 Å². The van der Waals surface area contributed by atoms with Crippen molar-refractivity contribution in [2.45, 2.75) is 32.2 Å². The molecule has 1 aromatic heterocycles. The fourth-order valence-corrected chi connectivity index (χ4v) is 2.47. The third-order valence-corrected chi connectivity index (χ3v) is 3.80. The number of carbonyl (C=O) groups is 2.